The van der Waals surface area contributed by atoms with E-state index in [0.29, 0.717) is 23.8 Å². The van der Waals surface area contributed by atoms with Crippen LogP contribution in [0.25, 0.3) is 33.8 Å². The lowest BCUT2D eigenvalue weighted by atomic mass is 9.95. The molecule has 260 valence electrons. The first-order valence-electron chi connectivity index (χ1n) is 17.7. The van der Waals surface area contributed by atoms with Crippen LogP contribution < -0.4 is 20.7 Å². The Labute approximate surface area is 293 Å². The van der Waals surface area contributed by atoms with Crippen molar-refractivity contribution in [2.75, 3.05) is 55.7 Å². The van der Waals surface area contributed by atoms with Crippen LogP contribution in [0.15, 0.2) is 71.8 Å². The second kappa shape index (κ2) is 14.6. The van der Waals surface area contributed by atoms with Crippen LogP contribution in [0.2, 0.25) is 0 Å². The number of rotatable bonds is 9. The van der Waals surface area contributed by atoms with Crippen LogP contribution in [0.3, 0.4) is 0 Å². The van der Waals surface area contributed by atoms with Gasteiger partial charge >= 0.3 is 0 Å². The number of ether oxygens (including phenoxy) is 1. The van der Waals surface area contributed by atoms with Crippen molar-refractivity contribution in [2.45, 2.75) is 53.1 Å². The summed E-state index contributed by atoms with van der Waals surface area (Å²) >= 11 is 0. The molecule has 9 nitrogen and oxygen atoms in total. The van der Waals surface area contributed by atoms with Crippen LogP contribution in [-0.4, -0.2) is 71.5 Å². The number of halogens is 1. The van der Waals surface area contributed by atoms with E-state index in [1.165, 1.54) is 12.1 Å². The van der Waals surface area contributed by atoms with Gasteiger partial charge in [0.25, 0.3) is 5.56 Å². The minimum atomic E-state index is -0.298. The molecule has 0 spiro atoms. The molecule has 2 saturated heterocycles. The number of piperazine rings is 1. The van der Waals surface area contributed by atoms with Gasteiger partial charge in [0.2, 0.25) is 0 Å². The maximum Gasteiger partial charge on any atom is 0.253 e. The van der Waals surface area contributed by atoms with E-state index < -0.39 is 0 Å². The summed E-state index contributed by atoms with van der Waals surface area (Å²) < 4.78 is 21.8. The number of anilines is 2. The first kappa shape index (κ1) is 33.7. The number of hydrogen-bond donors (Lipinski definition) is 2. The third-order valence-electron chi connectivity index (χ3n) is 10.2. The Bertz CT molecular complexity index is 2010. The number of aryl methyl sites for hydroxylation is 2. The van der Waals surface area contributed by atoms with E-state index in [0.717, 1.165) is 115 Å². The highest BCUT2D eigenvalue weighted by molar-refractivity contribution is 5.81. The summed E-state index contributed by atoms with van der Waals surface area (Å²) in [6, 6.07) is 17.6. The van der Waals surface area contributed by atoms with Gasteiger partial charge in [-0.3, -0.25) is 4.79 Å². The smallest absolute Gasteiger partial charge is 0.253 e. The molecule has 0 amide bonds. The molecule has 2 fully saturated rings. The molecule has 10 heteroatoms. The zero-order valence-electron chi connectivity index (χ0n) is 29.4. The number of aromatic nitrogens is 4. The highest BCUT2D eigenvalue weighted by Crippen LogP contribution is 2.39. The van der Waals surface area contributed by atoms with Gasteiger partial charge < -0.3 is 29.4 Å². The normalized spacial score (nSPS) is 15.4. The van der Waals surface area contributed by atoms with E-state index in [1.807, 2.05) is 32.3 Å². The van der Waals surface area contributed by atoms with Crippen molar-refractivity contribution in [2.24, 2.45) is 0 Å². The number of benzene rings is 2. The largest absolute Gasteiger partial charge is 0.381 e. The topological polar surface area (TPSA) is 91.3 Å². The van der Waals surface area contributed by atoms with Gasteiger partial charge in [0, 0.05) is 98.0 Å². The molecule has 0 aliphatic carbocycles. The summed E-state index contributed by atoms with van der Waals surface area (Å²) in [7, 11) is 0. The summed E-state index contributed by atoms with van der Waals surface area (Å²) in [6.07, 6.45) is 5.89. The van der Waals surface area contributed by atoms with Crippen molar-refractivity contribution in [3.05, 3.63) is 106 Å². The molecule has 2 N–H and O–H groups in total. The van der Waals surface area contributed by atoms with E-state index in [4.69, 9.17) is 14.7 Å². The Kier molecular flexibility index (Phi) is 9.83. The molecule has 5 aromatic rings. The van der Waals surface area contributed by atoms with Crippen LogP contribution in [0, 0.1) is 26.6 Å². The molecule has 7 rings (SSSR count). The lowest BCUT2D eigenvalue weighted by Crippen LogP contribution is -2.43. The molecule has 5 heterocycles. The summed E-state index contributed by atoms with van der Waals surface area (Å²) in [4.78, 5) is 31.2. The molecule has 2 aromatic carbocycles. The predicted octanol–water partition coefficient (Wildman–Crippen LogP) is 6.49. The molecule has 2 aliphatic rings. The monoisotopic (exact) mass is 675 g/mol. The molecule has 3 aromatic heterocycles. The average Bonchev–Trinajstić information content (AvgIpc) is 3.55. The molecule has 50 heavy (non-hydrogen) atoms. The van der Waals surface area contributed by atoms with Gasteiger partial charge in [-0.25, -0.2) is 14.4 Å². The highest BCUT2D eigenvalue weighted by Gasteiger charge is 2.26. The Hall–Kier alpha value is -4.80. The maximum absolute atomic E-state index is 14.0. The molecular weight excluding hydrogens is 629 g/mol. The zero-order chi connectivity index (χ0) is 34.8. The van der Waals surface area contributed by atoms with Crippen molar-refractivity contribution in [1.29, 1.82) is 0 Å². The molecule has 0 radical (unpaired) electrons. The average molecular weight is 676 g/mol. The van der Waals surface area contributed by atoms with Gasteiger partial charge in [-0.1, -0.05) is 0 Å². The lowest BCUT2D eigenvalue weighted by Gasteiger charge is -2.37. The second-order valence-corrected chi connectivity index (χ2v) is 13.5. The molecular formula is C40H46FN7O2. The van der Waals surface area contributed by atoms with E-state index in [2.05, 4.69) is 62.8 Å². The third kappa shape index (κ3) is 6.95. The molecule has 0 atom stereocenters. The minimum Gasteiger partial charge on any atom is -0.381 e. The first-order chi connectivity index (χ1) is 24.3. The van der Waals surface area contributed by atoms with Gasteiger partial charge in [0.1, 0.15) is 17.5 Å². The first-order valence-corrected chi connectivity index (χ1v) is 17.7. The quantitative estimate of drug-likeness (QED) is 0.185. The summed E-state index contributed by atoms with van der Waals surface area (Å²) in [5.41, 5.74) is 9.15. The Morgan fingerprint density at radius 1 is 0.960 bits per heavy atom. The van der Waals surface area contributed by atoms with E-state index in [-0.39, 0.29) is 11.4 Å². The van der Waals surface area contributed by atoms with Crippen molar-refractivity contribution in [3.63, 3.8) is 0 Å². The van der Waals surface area contributed by atoms with Gasteiger partial charge in [0.05, 0.1) is 12.2 Å². The maximum atomic E-state index is 14.0. The van der Waals surface area contributed by atoms with E-state index >= 15 is 0 Å². The highest BCUT2D eigenvalue weighted by atomic mass is 19.1. The van der Waals surface area contributed by atoms with E-state index in [9.17, 15) is 9.18 Å². The Morgan fingerprint density at radius 3 is 2.38 bits per heavy atom. The molecule has 0 saturated carbocycles. The lowest BCUT2D eigenvalue weighted by molar-refractivity contribution is 0.0846. The molecule has 0 bridgehead atoms. The fourth-order valence-corrected chi connectivity index (χ4v) is 7.42. The minimum absolute atomic E-state index is 0.107. The number of hydrogen-bond acceptors (Lipinski definition) is 7. The number of H-pyrrole nitrogens is 1. The summed E-state index contributed by atoms with van der Waals surface area (Å²) in [6.45, 7) is 14.7. The third-order valence-corrected chi connectivity index (χ3v) is 10.2. The number of nitrogens with one attached hydrogen (secondary N) is 2. The van der Waals surface area contributed by atoms with Gasteiger partial charge in [-0.05, 0) is 112 Å². The summed E-state index contributed by atoms with van der Waals surface area (Å²) in [5, 5.41) is 3.42. The Balaban J connectivity index is 1.40. The van der Waals surface area contributed by atoms with Gasteiger partial charge in [-0.2, -0.15) is 0 Å². The summed E-state index contributed by atoms with van der Waals surface area (Å²) in [5.74, 6) is 1.43. The van der Waals surface area contributed by atoms with Crippen LogP contribution in [0.1, 0.15) is 42.1 Å². The van der Waals surface area contributed by atoms with Gasteiger partial charge in [0.15, 0.2) is 0 Å². The number of aromatic amines is 1. The van der Waals surface area contributed by atoms with Crippen molar-refractivity contribution in [3.8, 4) is 33.8 Å². The van der Waals surface area contributed by atoms with Crippen molar-refractivity contribution < 1.29 is 9.13 Å². The molecule has 2 aliphatic heterocycles. The van der Waals surface area contributed by atoms with Crippen LogP contribution >= 0.6 is 0 Å². The standard InChI is InChI=1S/C40H46FN7O2/c1-5-48(33-12-18-50-19-13-33)37-22-31(30-8-11-38(43-23-30)46-16-14-42-15-17-46)21-34(28(37)4)39-45-36(29-6-9-32(41)10-7-29)25-47(39)24-35-26(2)20-27(3)44-40(35)49/h6-11,20-23,25,33,42H,5,12-19,24H2,1-4H3,(H,44,49). The van der Waals surface area contributed by atoms with Crippen LogP contribution in [0.4, 0.5) is 15.9 Å². The predicted molar refractivity (Wildman–Crippen MR) is 199 cm³/mol. The number of pyridine rings is 2. The zero-order valence-corrected chi connectivity index (χ0v) is 29.4. The van der Waals surface area contributed by atoms with Crippen LogP contribution in [0.5, 0.6) is 0 Å². The van der Waals surface area contributed by atoms with Crippen molar-refractivity contribution >= 4 is 11.5 Å². The Morgan fingerprint density at radius 2 is 1.70 bits per heavy atom. The second-order valence-electron chi connectivity index (χ2n) is 13.5. The van der Waals surface area contributed by atoms with Crippen LogP contribution in [-0.2, 0) is 11.3 Å². The van der Waals surface area contributed by atoms with Crippen molar-refractivity contribution in [1.82, 2.24) is 24.8 Å². The fraction of sp³-hybridized carbons (Fsp3) is 0.375. The van der Waals surface area contributed by atoms with E-state index in [1.54, 1.807) is 12.1 Å². The fourth-order valence-electron chi connectivity index (χ4n) is 7.42. The van der Waals surface area contributed by atoms with Gasteiger partial charge in [-0.15, -0.1) is 0 Å². The molecule has 0 unspecified atom stereocenters. The number of imidazole rings is 1. The number of nitrogens with zero attached hydrogens (tertiary/aromatic N) is 5. The SMILES string of the molecule is CCN(c1cc(-c2ccc(N3CCNCC3)nc2)cc(-c2nc(-c3ccc(F)cc3)cn2Cc2c(C)cc(C)[nH]c2=O)c1C)C1CCOCC1.